The van der Waals surface area contributed by atoms with Crippen LogP contribution < -0.4 is 5.73 Å². The van der Waals surface area contributed by atoms with Crippen LogP contribution in [0, 0.1) is 0 Å². The molecule has 0 fully saturated rings. The molecule has 0 saturated carbocycles. The van der Waals surface area contributed by atoms with Gasteiger partial charge in [0.2, 0.25) is 0 Å². The smallest absolute Gasteiger partial charge is 0.0645 e. The first-order valence-electron chi connectivity index (χ1n) is 6.26. The number of hydrogen-bond donors (Lipinski definition) is 1. The van der Waals surface area contributed by atoms with E-state index in [0.717, 1.165) is 22.4 Å². The van der Waals surface area contributed by atoms with E-state index in [9.17, 15) is 0 Å². The molecule has 0 bridgehead atoms. The molecule has 19 heavy (non-hydrogen) atoms. The number of nitrogens with two attached hydrogens (primary N) is 1. The summed E-state index contributed by atoms with van der Waals surface area (Å²) in [6.45, 7) is 0.573. The standard InChI is InChI=1S/C16H15N3/c17-10-13-6-8-14(9-7-13)15-11-18-19(12-15)16-4-2-1-3-5-16/h1-9,11-12H,10,17H2. The van der Waals surface area contributed by atoms with E-state index >= 15 is 0 Å². The fourth-order valence-electron chi connectivity index (χ4n) is 2.03. The lowest BCUT2D eigenvalue weighted by Crippen LogP contribution is -1.95. The lowest BCUT2D eigenvalue weighted by molar-refractivity contribution is 0.881. The first-order chi connectivity index (χ1) is 9.36. The first-order valence-corrected chi connectivity index (χ1v) is 6.26. The van der Waals surface area contributed by atoms with Crippen molar-refractivity contribution < 1.29 is 0 Å². The van der Waals surface area contributed by atoms with Crippen LogP contribution in [-0.4, -0.2) is 9.78 Å². The molecular formula is C16H15N3. The minimum absolute atomic E-state index is 0.573. The van der Waals surface area contributed by atoms with E-state index in [-0.39, 0.29) is 0 Å². The molecule has 3 nitrogen and oxygen atoms in total. The molecule has 2 N–H and O–H groups in total. The second kappa shape index (κ2) is 5.08. The Morgan fingerprint density at radius 2 is 1.63 bits per heavy atom. The highest BCUT2D eigenvalue weighted by Gasteiger charge is 2.03. The Labute approximate surface area is 112 Å². The molecule has 0 radical (unpaired) electrons. The van der Waals surface area contributed by atoms with Gasteiger partial charge in [-0.25, -0.2) is 4.68 Å². The Hall–Kier alpha value is -2.39. The summed E-state index contributed by atoms with van der Waals surface area (Å²) in [5, 5.41) is 4.40. The molecule has 3 aromatic rings. The number of benzene rings is 2. The molecule has 0 amide bonds. The van der Waals surface area contributed by atoms with Crippen LogP contribution in [0.5, 0.6) is 0 Å². The van der Waals surface area contributed by atoms with Gasteiger partial charge in [-0.1, -0.05) is 42.5 Å². The molecule has 3 heteroatoms. The molecule has 0 aliphatic carbocycles. The van der Waals surface area contributed by atoms with Crippen molar-refractivity contribution in [2.75, 3.05) is 0 Å². The van der Waals surface area contributed by atoms with Crippen LogP contribution in [0.1, 0.15) is 5.56 Å². The molecule has 0 aliphatic heterocycles. The molecule has 0 atom stereocenters. The molecule has 0 unspecified atom stereocenters. The van der Waals surface area contributed by atoms with E-state index in [4.69, 9.17) is 5.73 Å². The molecule has 0 aliphatic rings. The second-order valence-electron chi connectivity index (χ2n) is 4.41. The van der Waals surface area contributed by atoms with E-state index in [1.807, 2.05) is 47.4 Å². The van der Waals surface area contributed by atoms with E-state index < -0.39 is 0 Å². The third-order valence-electron chi connectivity index (χ3n) is 3.13. The topological polar surface area (TPSA) is 43.8 Å². The van der Waals surface area contributed by atoms with Crippen molar-refractivity contribution in [3.8, 4) is 16.8 Å². The minimum atomic E-state index is 0.573. The lowest BCUT2D eigenvalue weighted by atomic mass is 10.1. The van der Waals surface area contributed by atoms with Gasteiger partial charge in [0.15, 0.2) is 0 Å². The third-order valence-corrected chi connectivity index (χ3v) is 3.13. The zero-order chi connectivity index (χ0) is 13.1. The van der Waals surface area contributed by atoms with E-state index in [0.29, 0.717) is 6.54 Å². The zero-order valence-electron chi connectivity index (χ0n) is 10.5. The third kappa shape index (κ3) is 2.41. The van der Waals surface area contributed by atoms with Gasteiger partial charge in [-0.15, -0.1) is 0 Å². The van der Waals surface area contributed by atoms with Crippen LogP contribution in [0.2, 0.25) is 0 Å². The van der Waals surface area contributed by atoms with Crippen LogP contribution >= 0.6 is 0 Å². The van der Waals surface area contributed by atoms with Crippen molar-refractivity contribution in [3.63, 3.8) is 0 Å². The first kappa shape index (κ1) is 11.7. The SMILES string of the molecule is NCc1ccc(-c2cnn(-c3ccccc3)c2)cc1. The number of para-hydroxylation sites is 1. The van der Waals surface area contributed by atoms with Gasteiger partial charge in [0.05, 0.1) is 11.9 Å². The number of rotatable bonds is 3. The summed E-state index contributed by atoms with van der Waals surface area (Å²) in [6, 6.07) is 18.3. The van der Waals surface area contributed by atoms with E-state index in [2.05, 4.69) is 29.4 Å². The summed E-state index contributed by atoms with van der Waals surface area (Å²) in [6.07, 6.45) is 3.91. The maximum atomic E-state index is 5.60. The maximum Gasteiger partial charge on any atom is 0.0645 e. The summed E-state index contributed by atoms with van der Waals surface area (Å²) in [7, 11) is 0. The number of hydrogen-bond acceptors (Lipinski definition) is 2. The fraction of sp³-hybridized carbons (Fsp3) is 0.0625. The molecule has 1 aromatic heterocycles. The molecule has 2 aromatic carbocycles. The molecule has 94 valence electrons. The largest absolute Gasteiger partial charge is 0.326 e. The quantitative estimate of drug-likeness (QED) is 0.775. The summed E-state index contributed by atoms with van der Waals surface area (Å²) >= 11 is 0. The Bertz CT molecular complexity index is 654. The van der Waals surface area contributed by atoms with Gasteiger partial charge < -0.3 is 5.73 Å². The molecule has 0 spiro atoms. The average molecular weight is 249 g/mol. The summed E-state index contributed by atoms with van der Waals surface area (Å²) in [5.41, 5.74) is 10.1. The van der Waals surface area contributed by atoms with Crippen LogP contribution in [0.15, 0.2) is 67.0 Å². The molecule has 0 saturated heterocycles. The predicted molar refractivity (Wildman–Crippen MR) is 76.9 cm³/mol. The van der Waals surface area contributed by atoms with Crippen molar-refractivity contribution >= 4 is 0 Å². The Morgan fingerprint density at radius 1 is 0.895 bits per heavy atom. The van der Waals surface area contributed by atoms with Crippen molar-refractivity contribution in [1.82, 2.24) is 9.78 Å². The van der Waals surface area contributed by atoms with E-state index in [1.54, 1.807) is 0 Å². The van der Waals surface area contributed by atoms with Gasteiger partial charge >= 0.3 is 0 Å². The second-order valence-corrected chi connectivity index (χ2v) is 4.41. The van der Waals surface area contributed by atoms with Crippen LogP contribution in [0.4, 0.5) is 0 Å². The van der Waals surface area contributed by atoms with Gasteiger partial charge in [0, 0.05) is 18.3 Å². The van der Waals surface area contributed by atoms with Crippen molar-refractivity contribution in [2.24, 2.45) is 5.73 Å². The van der Waals surface area contributed by atoms with Gasteiger partial charge in [-0.05, 0) is 23.3 Å². The van der Waals surface area contributed by atoms with Gasteiger partial charge in [0.1, 0.15) is 0 Å². The monoisotopic (exact) mass is 249 g/mol. The Morgan fingerprint density at radius 3 is 2.32 bits per heavy atom. The highest BCUT2D eigenvalue weighted by atomic mass is 15.3. The van der Waals surface area contributed by atoms with Crippen LogP contribution in [-0.2, 0) is 6.54 Å². The van der Waals surface area contributed by atoms with Gasteiger partial charge in [0.25, 0.3) is 0 Å². The number of nitrogens with zero attached hydrogens (tertiary/aromatic N) is 2. The maximum absolute atomic E-state index is 5.60. The van der Waals surface area contributed by atoms with Crippen molar-refractivity contribution in [3.05, 3.63) is 72.6 Å². The normalized spacial score (nSPS) is 10.6. The van der Waals surface area contributed by atoms with Gasteiger partial charge in [-0.3, -0.25) is 0 Å². The number of aromatic nitrogens is 2. The van der Waals surface area contributed by atoms with Crippen molar-refractivity contribution in [1.29, 1.82) is 0 Å². The van der Waals surface area contributed by atoms with Crippen LogP contribution in [0.25, 0.3) is 16.8 Å². The minimum Gasteiger partial charge on any atom is -0.326 e. The van der Waals surface area contributed by atoms with Crippen molar-refractivity contribution in [2.45, 2.75) is 6.54 Å². The van der Waals surface area contributed by atoms with Gasteiger partial charge in [-0.2, -0.15) is 5.10 Å². The summed E-state index contributed by atoms with van der Waals surface area (Å²) < 4.78 is 1.88. The highest BCUT2D eigenvalue weighted by molar-refractivity contribution is 5.62. The van der Waals surface area contributed by atoms with E-state index in [1.165, 1.54) is 0 Å². The Balaban J connectivity index is 1.92. The highest BCUT2D eigenvalue weighted by Crippen LogP contribution is 2.20. The molecular weight excluding hydrogens is 234 g/mol. The molecule has 1 heterocycles. The Kier molecular flexibility index (Phi) is 3.12. The fourth-order valence-corrected chi connectivity index (χ4v) is 2.03. The lowest BCUT2D eigenvalue weighted by Gasteiger charge is -2.00. The summed E-state index contributed by atoms with van der Waals surface area (Å²) in [4.78, 5) is 0. The molecule has 3 rings (SSSR count). The summed E-state index contributed by atoms with van der Waals surface area (Å²) in [5.74, 6) is 0. The zero-order valence-corrected chi connectivity index (χ0v) is 10.5. The predicted octanol–water partition coefficient (Wildman–Crippen LogP) is 3.00. The average Bonchev–Trinajstić information content (AvgIpc) is 2.98. The van der Waals surface area contributed by atoms with Crippen LogP contribution in [0.3, 0.4) is 0 Å².